The molecular formula is C20H28O. The standard InChI is InChI=1S/C20H28O/c1-13(2)15-7-9-16(10-8-15)19-18-12-17(11-6-14(18)3)20(4,5)21-19/h6-10,13,17-19H,11-12H2,1-5H3. The summed E-state index contributed by atoms with van der Waals surface area (Å²) >= 11 is 0. The van der Waals surface area contributed by atoms with Crippen molar-refractivity contribution in [3.05, 3.63) is 47.0 Å². The maximum Gasteiger partial charge on any atom is 0.0897 e. The second kappa shape index (κ2) is 5.28. The predicted molar refractivity (Wildman–Crippen MR) is 88.4 cm³/mol. The molecule has 1 saturated heterocycles. The number of benzene rings is 1. The Hall–Kier alpha value is -1.08. The lowest BCUT2D eigenvalue weighted by Crippen LogP contribution is -2.45. The fourth-order valence-corrected chi connectivity index (χ4v) is 3.87. The van der Waals surface area contributed by atoms with Crippen molar-refractivity contribution in [2.45, 2.75) is 65.1 Å². The van der Waals surface area contributed by atoms with Crippen LogP contribution in [0, 0.1) is 11.8 Å². The molecule has 1 aromatic rings. The van der Waals surface area contributed by atoms with Crippen molar-refractivity contribution < 1.29 is 4.74 Å². The smallest absolute Gasteiger partial charge is 0.0897 e. The molecule has 1 fully saturated rings. The monoisotopic (exact) mass is 284 g/mol. The largest absolute Gasteiger partial charge is 0.367 e. The van der Waals surface area contributed by atoms with Crippen molar-refractivity contribution >= 4 is 0 Å². The highest BCUT2D eigenvalue weighted by Crippen LogP contribution is 2.50. The molecule has 3 atom stereocenters. The zero-order valence-electron chi connectivity index (χ0n) is 14.0. The quantitative estimate of drug-likeness (QED) is 0.639. The Morgan fingerprint density at radius 1 is 1.14 bits per heavy atom. The van der Waals surface area contributed by atoms with E-state index in [4.69, 9.17) is 4.74 Å². The molecule has 3 unspecified atom stereocenters. The average Bonchev–Trinajstić information content (AvgIpc) is 2.45. The average molecular weight is 284 g/mol. The van der Waals surface area contributed by atoms with E-state index in [0.717, 1.165) is 0 Å². The number of fused-ring (bicyclic) bond motifs is 2. The van der Waals surface area contributed by atoms with Crippen molar-refractivity contribution in [1.82, 2.24) is 0 Å². The number of hydrogen-bond acceptors (Lipinski definition) is 1. The van der Waals surface area contributed by atoms with E-state index >= 15 is 0 Å². The Morgan fingerprint density at radius 2 is 1.81 bits per heavy atom. The topological polar surface area (TPSA) is 9.23 Å². The van der Waals surface area contributed by atoms with Gasteiger partial charge < -0.3 is 4.74 Å². The zero-order chi connectivity index (χ0) is 15.2. The molecule has 1 aromatic carbocycles. The van der Waals surface area contributed by atoms with Gasteiger partial charge in [-0.1, -0.05) is 49.8 Å². The fourth-order valence-electron chi connectivity index (χ4n) is 3.87. The van der Waals surface area contributed by atoms with Gasteiger partial charge >= 0.3 is 0 Å². The van der Waals surface area contributed by atoms with Crippen LogP contribution in [-0.2, 0) is 4.74 Å². The van der Waals surface area contributed by atoms with E-state index in [-0.39, 0.29) is 11.7 Å². The maximum atomic E-state index is 6.56. The first-order chi connectivity index (χ1) is 9.88. The summed E-state index contributed by atoms with van der Waals surface area (Å²) in [5, 5.41) is 0. The number of allylic oxidation sites excluding steroid dienone is 1. The van der Waals surface area contributed by atoms with Crippen LogP contribution in [0.5, 0.6) is 0 Å². The Morgan fingerprint density at radius 3 is 2.43 bits per heavy atom. The summed E-state index contributed by atoms with van der Waals surface area (Å²) in [6.07, 6.45) is 5.10. The molecule has 21 heavy (non-hydrogen) atoms. The van der Waals surface area contributed by atoms with Crippen molar-refractivity contribution in [2.75, 3.05) is 0 Å². The summed E-state index contributed by atoms with van der Waals surface area (Å²) < 4.78 is 6.56. The van der Waals surface area contributed by atoms with Gasteiger partial charge in [0, 0.05) is 5.92 Å². The summed E-state index contributed by atoms with van der Waals surface area (Å²) in [7, 11) is 0. The van der Waals surface area contributed by atoms with Gasteiger partial charge in [-0.05, 0) is 56.6 Å². The van der Waals surface area contributed by atoms with Crippen LogP contribution in [0.4, 0.5) is 0 Å². The minimum Gasteiger partial charge on any atom is -0.367 e. The highest BCUT2D eigenvalue weighted by Gasteiger charge is 2.45. The molecule has 0 aromatic heterocycles. The highest BCUT2D eigenvalue weighted by molar-refractivity contribution is 5.29. The van der Waals surface area contributed by atoms with Crippen LogP contribution in [0.2, 0.25) is 0 Å². The first-order valence-electron chi connectivity index (χ1n) is 8.33. The molecule has 1 heterocycles. The fraction of sp³-hybridized carbons (Fsp3) is 0.600. The molecular weight excluding hydrogens is 256 g/mol. The Kier molecular flexibility index (Phi) is 3.73. The lowest BCUT2D eigenvalue weighted by molar-refractivity contribution is -0.166. The Bertz CT molecular complexity index is 535. The predicted octanol–water partition coefficient (Wildman–Crippen LogP) is 5.63. The van der Waals surface area contributed by atoms with Gasteiger partial charge in [0.25, 0.3) is 0 Å². The van der Waals surface area contributed by atoms with E-state index in [1.807, 2.05) is 0 Å². The number of hydrogen-bond donors (Lipinski definition) is 0. The van der Waals surface area contributed by atoms with Crippen LogP contribution in [0.15, 0.2) is 35.9 Å². The molecule has 1 aliphatic heterocycles. The van der Waals surface area contributed by atoms with Gasteiger partial charge in [-0.2, -0.15) is 0 Å². The maximum absolute atomic E-state index is 6.56. The third-order valence-electron chi connectivity index (χ3n) is 5.56. The lowest BCUT2D eigenvalue weighted by Gasteiger charge is -2.49. The van der Waals surface area contributed by atoms with E-state index in [2.05, 4.69) is 65.0 Å². The van der Waals surface area contributed by atoms with E-state index in [9.17, 15) is 0 Å². The summed E-state index contributed by atoms with van der Waals surface area (Å²) in [5.41, 5.74) is 4.24. The minimum atomic E-state index is -0.0188. The minimum absolute atomic E-state index is 0.0188. The van der Waals surface area contributed by atoms with Gasteiger partial charge in [0.15, 0.2) is 0 Å². The van der Waals surface area contributed by atoms with Crippen LogP contribution in [0.1, 0.15) is 70.6 Å². The molecule has 1 nitrogen and oxygen atoms in total. The number of ether oxygens (including phenoxy) is 1. The van der Waals surface area contributed by atoms with Crippen LogP contribution in [0.3, 0.4) is 0 Å². The van der Waals surface area contributed by atoms with Gasteiger partial charge in [-0.3, -0.25) is 0 Å². The summed E-state index contributed by atoms with van der Waals surface area (Å²) in [5.74, 6) is 1.81. The van der Waals surface area contributed by atoms with E-state index in [1.165, 1.54) is 29.5 Å². The first kappa shape index (κ1) is 14.8. The molecule has 3 rings (SSSR count). The highest BCUT2D eigenvalue weighted by atomic mass is 16.5. The van der Waals surface area contributed by atoms with Gasteiger partial charge in [0.1, 0.15) is 0 Å². The third-order valence-corrected chi connectivity index (χ3v) is 5.56. The summed E-state index contributed by atoms with van der Waals surface area (Å²) in [6, 6.07) is 9.09. The van der Waals surface area contributed by atoms with Crippen molar-refractivity contribution in [3.8, 4) is 0 Å². The molecule has 0 radical (unpaired) electrons. The van der Waals surface area contributed by atoms with Gasteiger partial charge in [0.05, 0.1) is 11.7 Å². The van der Waals surface area contributed by atoms with Gasteiger partial charge in [-0.25, -0.2) is 0 Å². The molecule has 1 aliphatic carbocycles. The van der Waals surface area contributed by atoms with Crippen molar-refractivity contribution in [1.29, 1.82) is 0 Å². The normalized spacial score (nSPS) is 31.1. The van der Waals surface area contributed by atoms with E-state index < -0.39 is 0 Å². The Labute approximate surface area is 129 Å². The molecule has 0 amide bonds. The molecule has 1 heteroatoms. The van der Waals surface area contributed by atoms with E-state index in [1.54, 1.807) is 0 Å². The summed E-state index contributed by atoms with van der Waals surface area (Å²) in [6.45, 7) is 11.3. The van der Waals surface area contributed by atoms with Crippen LogP contribution in [-0.4, -0.2) is 5.60 Å². The lowest BCUT2D eigenvalue weighted by atomic mass is 9.69. The second-order valence-corrected chi connectivity index (χ2v) is 7.69. The van der Waals surface area contributed by atoms with Crippen molar-refractivity contribution in [3.63, 3.8) is 0 Å². The zero-order valence-corrected chi connectivity index (χ0v) is 14.0. The molecule has 2 aliphatic rings. The van der Waals surface area contributed by atoms with Crippen LogP contribution < -0.4 is 0 Å². The van der Waals surface area contributed by atoms with Crippen LogP contribution in [0.25, 0.3) is 0 Å². The van der Waals surface area contributed by atoms with Crippen molar-refractivity contribution in [2.24, 2.45) is 11.8 Å². The molecule has 114 valence electrons. The van der Waals surface area contributed by atoms with E-state index in [0.29, 0.717) is 17.8 Å². The Balaban J connectivity index is 1.92. The van der Waals surface area contributed by atoms with Crippen LogP contribution >= 0.6 is 0 Å². The van der Waals surface area contributed by atoms with Gasteiger partial charge in [-0.15, -0.1) is 0 Å². The number of rotatable bonds is 2. The molecule has 0 saturated carbocycles. The third kappa shape index (κ3) is 2.68. The summed E-state index contributed by atoms with van der Waals surface area (Å²) in [4.78, 5) is 0. The van der Waals surface area contributed by atoms with Gasteiger partial charge in [0.2, 0.25) is 0 Å². The SMILES string of the molecule is CC1=CCC2CC1C(c1ccc(C(C)C)cc1)OC2(C)C. The molecule has 2 bridgehead atoms. The first-order valence-corrected chi connectivity index (χ1v) is 8.33. The molecule has 0 spiro atoms. The molecule has 0 N–H and O–H groups in total. The second-order valence-electron chi connectivity index (χ2n) is 7.69.